The van der Waals surface area contributed by atoms with E-state index in [0.29, 0.717) is 22.2 Å². The Morgan fingerprint density at radius 2 is 2.04 bits per heavy atom. The lowest BCUT2D eigenvalue weighted by Gasteiger charge is -2.06. The van der Waals surface area contributed by atoms with Crippen LogP contribution in [0.2, 0.25) is 5.02 Å². The highest BCUT2D eigenvalue weighted by molar-refractivity contribution is 6.30. The Morgan fingerprint density at radius 1 is 1.22 bits per heavy atom. The average Bonchev–Trinajstić information content (AvgIpc) is 3.04. The summed E-state index contributed by atoms with van der Waals surface area (Å²) >= 11 is 5.81. The zero-order chi connectivity index (χ0) is 16.1. The van der Waals surface area contributed by atoms with Crippen LogP contribution in [0.15, 0.2) is 61.1 Å². The van der Waals surface area contributed by atoms with Gasteiger partial charge in [-0.3, -0.25) is 9.78 Å². The van der Waals surface area contributed by atoms with E-state index in [2.05, 4.69) is 15.4 Å². The van der Waals surface area contributed by atoms with Crippen molar-refractivity contribution in [3.8, 4) is 5.75 Å². The molecule has 0 fully saturated rings. The summed E-state index contributed by atoms with van der Waals surface area (Å²) in [5, 5.41) is 7.54. The molecule has 0 saturated heterocycles. The Kier molecular flexibility index (Phi) is 4.54. The van der Waals surface area contributed by atoms with Crippen LogP contribution in [0, 0.1) is 0 Å². The van der Waals surface area contributed by atoms with Crippen LogP contribution in [0.1, 0.15) is 10.5 Å². The number of amides is 1. The average molecular weight is 329 g/mol. The van der Waals surface area contributed by atoms with Crippen LogP contribution < -0.4 is 10.1 Å². The Bertz CT molecular complexity index is 787. The van der Waals surface area contributed by atoms with Crippen molar-refractivity contribution in [2.24, 2.45) is 0 Å². The molecule has 0 unspecified atom stereocenters. The van der Waals surface area contributed by atoms with E-state index in [1.807, 2.05) is 0 Å². The lowest BCUT2D eigenvalue weighted by Crippen LogP contribution is -2.14. The van der Waals surface area contributed by atoms with E-state index in [0.717, 1.165) is 0 Å². The molecule has 1 amide bonds. The fourth-order valence-electron chi connectivity index (χ4n) is 1.86. The number of aromatic nitrogens is 3. The fraction of sp³-hybridized carbons (Fsp3) is 0.0625. The minimum absolute atomic E-state index is 0.196. The Hall–Kier alpha value is -2.86. The van der Waals surface area contributed by atoms with Crippen LogP contribution in [0.3, 0.4) is 0 Å². The van der Waals surface area contributed by atoms with Crippen LogP contribution in [-0.4, -0.2) is 20.7 Å². The highest BCUT2D eigenvalue weighted by atomic mass is 35.5. The number of pyridine rings is 1. The monoisotopic (exact) mass is 328 g/mol. The van der Waals surface area contributed by atoms with E-state index in [4.69, 9.17) is 16.3 Å². The van der Waals surface area contributed by atoms with E-state index in [1.165, 1.54) is 4.68 Å². The second-order valence-electron chi connectivity index (χ2n) is 4.66. The van der Waals surface area contributed by atoms with Crippen LogP contribution >= 0.6 is 11.6 Å². The molecule has 3 aromatic rings. The summed E-state index contributed by atoms with van der Waals surface area (Å²) in [5.74, 6) is 0.370. The molecule has 0 bridgehead atoms. The van der Waals surface area contributed by atoms with Crippen molar-refractivity contribution in [3.63, 3.8) is 0 Å². The molecule has 2 aromatic heterocycles. The van der Waals surface area contributed by atoms with Gasteiger partial charge in [0.15, 0.2) is 12.4 Å². The van der Waals surface area contributed by atoms with Crippen molar-refractivity contribution in [2.45, 2.75) is 6.73 Å². The molecule has 0 radical (unpaired) electrons. The Balaban J connectivity index is 1.59. The Labute approximate surface area is 137 Å². The topological polar surface area (TPSA) is 69.0 Å². The van der Waals surface area contributed by atoms with Crippen molar-refractivity contribution in [3.05, 3.63) is 71.8 Å². The summed E-state index contributed by atoms with van der Waals surface area (Å²) in [4.78, 5) is 16.0. The number of carbonyl (C=O) groups excluding carboxylic acids is 1. The quantitative estimate of drug-likeness (QED) is 0.780. The van der Waals surface area contributed by atoms with E-state index >= 15 is 0 Å². The van der Waals surface area contributed by atoms with Crippen molar-refractivity contribution in [1.29, 1.82) is 0 Å². The van der Waals surface area contributed by atoms with Crippen molar-refractivity contribution >= 4 is 23.2 Å². The molecule has 0 saturated carbocycles. The molecule has 2 heterocycles. The Morgan fingerprint density at radius 3 is 2.78 bits per heavy atom. The molecule has 0 atom stereocenters. The molecule has 7 heteroatoms. The third-order valence-electron chi connectivity index (χ3n) is 2.97. The summed E-state index contributed by atoms with van der Waals surface area (Å²) in [6, 6.07) is 12.1. The van der Waals surface area contributed by atoms with Gasteiger partial charge in [0.1, 0.15) is 5.75 Å². The molecule has 1 aromatic carbocycles. The number of nitrogens with zero attached hydrogens (tertiary/aromatic N) is 3. The summed E-state index contributed by atoms with van der Waals surface area (Å²) in [6.07, 6.45) is 4.88. The minimum atomic E-state index is -0.303. The normalized spacial score (nSPS) is 10.3. The SMILES string of the molecule is O=C(Nc1cccnc1)c1ccn(COc2ccc(Cl)cc2)n1. The lowest BCUT2D eigenvalue weighted by molar-refractivity contribution is 0.102. The number of nitrogens with one attached hydrogen (secondary N) is 1. The third kappa shape index (κ3) is 4.08. The van der Waals surface area contributed by atoms with Gasteiger partial charge in [0.25, 0.3) is 5.91 Å². The first-order chi connectivity index (χ1) is 11.2. The summed E-state index contributed by atoms with van der Waals surface area (Å²) in [6.45, 7) is 0.196. The lowest BCUT2D eigenvalue weighted by atomic mass is 10.3. The smallest absolute Gasteiger partial charge is 0.276 e. The maximum Gasteiger partial charge on any atom is 0.276 e. The van der Waals surface area contributed by atoms with E-state index < -0.39 is 0 Å². The highest BCUT2D eigenvalue weighted by Gasteiger charge is 2.10. The number of anilines is 1. The molecule has 1 N–H and O–H groups in total. The fourth-order valence-corrected chi connectivity index (χ4v) is 1.98. The van der Waals surface area contributed by atoms with Gasteiger partial charge in [-0.25, -0.2) is 4.68 Å². The zero-order valence-electron chi connectivity index (χ0n) is 12.0. The number of carbonyl (C=O) groups is 1. The van der Waals surface area contributed by atoms with Gasteiger partial charge < -0.3 is 10.1 Å². The van der Waals surface area contributed by atoms with Gasteiger partial charge in [0.05, 0.1) is 11.9 Å². The second kappa shape index (κ2) is 6.93. The van der Waals surface area contributed by atoms with Gasteiger partial charge in [0, 0.05) is 17.4 Å². The minimum Gasteiger partial charge on any atom is -0.471 e. The molecule has 116 valence electrons. The maximum atomic E-state index is 12.1. The molecule has 0 aliphatic heterocycles. The second-order valence-corrected chi connectivity index (χ2v) is 5.10. The largest absolute Gasteiger partial charge is 0.471 e. The van der Waals surface area contributed by atoms with Gasteiger partial charge in [0.2, 0.25) is 0 Å². The van der Waals surface area contributed by atoms with Gasteiger partial charge in [-0.05, 0) is 42.5 Å². The first-order valence-corrected chi connectivity index (χ1v) is 7.22. The van der Waals surface area contributed by atoms with Crippen LogP contribution in [0.5, 0.6) is 5.75 Å². The molecular formula is C16H13ClN4O2. The molecule has 0 aliphatic carbocycles. The van der Waals surface area contributed by atoms with Crippen molar-refractivity contribution < 1.29 is 9.53 Å². The van der Waals surface area contributed by atoms with Gasteiger partial charge >= 0.3 is 0 Å². The van der Waals surface area contributed by atoms with Crippen LogP contribution in [-0.2, 0) is 6.73 Å². The van der Waals surface area contributed by atoms with Gasteiger partial charge in [-0.15, -0.1) is 0 Å². The molecular weight excluding hydrogens is 316 g/mol. The summed E-state index contributed by atoms with van der Waals surface area (Å²) < 4.78 is 7.09. The molecule has 0 spiro atoms. The number of hydrogen-bond donors (Lipinski definition) is 1. The predicted octanol–water partition coefficient (Wildman–Crippen LogP) is 3.22. The molecule has 3 rings (SSSR count). The van der Waals surface area contributed by atoms with E-state index in [-0.39, 0.29) is 12.6 Å². The zero-order valence-corrected chi connectivity index (χ0v) is 12.8. The first kappa shape index (κ1) is 15.1. The highest BCUT2D eigenvalue weighted by Crippen LogP contribution is 2.15. The summed E-state index contributed by atoms with van der Waals surface area (Å²) in [7, 11) is 0. The van der Waals surface area contributed by atoms with Gasteiger partial charge in [-0.1, -0.05) is 11.6 Å². The van der Waals surface area contributed by atoms with E-state index in [1.54, 1.807) is 61.1 Å². The molecule has 0 aliphatic rings. The van der Waals surface area contributed by atoms with Crippen molar-refractivity contribution in [1.82, 2.24) is 14.8 Å². The van der Waals surface area contributed by atoms with Gasteiger partial charge in [-0.2, -0.15) is 5.10 Å². The third-order valence-corrected chi connectivity index (χ3v) is 3.22. The number of hydrogen-bond acceptors (Lipinski definition) is 4. The maximum absolute atomic E-state index is 12.1. The number of halogens is 1. The van der Waals surface area contributed by atoms with Crippen molar-refractivity contribution in [2.75, 3.05) is 5.32 Å². The standard InChI is InChI=1S/C16H13ClN4O2/c17-12-3-5-14(6-4-12)23-11-21-9-7-15(20-21)16(22)19-13-2-1-8-18-10-13/h1-10H,11H2,(H,19,22). The predicted molar refractivity (Wildman–Crippen MR) is 86.5 cm³/mol. The number of benzene rings is 1. The van der Waals surface area contributed by atoms with Crippen LogP contribution in [0.4, 0.5) is 5.69 Å². The van der Waals surface area contributed by atoms with Crippen LogP contribution in [0.25, 0.3) is 0 Å². The first-order valence-electron chi connectivity index (χ1n) is 6.84. The van der Waals surface area contributed by atoms with E-state index in [9.17, 15) is 4.79 Å². The number of rotatable bonds is 5. The molecule has 6 nitrogen and oxygen atoms in total. The summed E-state index contributed by atoms with van der Waals surface area (Å²) in [5.41, 5.74) is 0.915. The number of ether oxygens (including phenoxy) is 1. The molecule has 23 heavy (non-hydrogen) atoms.